The molecule has 2 heterocycles. The molecular weight excluding hydrogens is 528 g/mol. The molecule has 0 aromatic heterocycles. The summed E-state index contributed by atoms with van der Waals surface area (Å²) in [4.78, 5) is 13.1. The molecule has 0 spiro atoms. The smallest absolute Gasteiger partial charge is 0.226 e. The lowest BCUT2D eigenvalue weighted by molar-refractivity contribution is -0.130. The van der Waals surface area contributed by atoms with Crippen LogP contribution in [-0.2, 0) is 32.6 Å². The van der Waals surface area contributed by atoms with Crippen molar-refractivity contribution in [1.82, 2.24) is 14.9 Å². The van der Waals surface area contributed by atoms with Crippen molar-refractivity contribution < 1.29 is 31.8 Å². The normalized spacial score (nSPS) is 21.8. The second-order valence-corrected chi connectivity index (χ2v) is 12.5. The highest BCUT2D eigenvalue weighted by Gasteiger charge is 2.41. The average molecular weight is 566 g/mol. The van der Waals surface area contributed by atoms with Crippen LogP contribution in [0.15, 0.2) is 48.5 Å². The summed E-state index contributed by atoms with van der Waals surface area (Å²) in [6, 6.07) is 11.6. The number of sulfonamides is 1. The molecule has 2 aliphatic rings. The van der Waals surface area contributed by atoms with Gasteiger partial charge in [0.15, 0.2) is 0 Å². The molecule has 2 fully saturated rings. The molecule has 0 bridgehead atoms. The van der Waals surface area contributed by atoms with Crippen LogP contribution in [-0.4, -0.2) is 73.4 Å². The number of hydrogen-bond donors (Lipinski definition) is 3. The maximum Gasteiger partial charge on any atom is 0.226 e. The predicted molar refractivity (Wildman–Crippen MR) is 143 cm³/mol. The van der Waals surface area contributed by atoms with Crippen LogP contribution in [0, 0.1) is 17.6 Å². The van der Waals surface area contributed by atoms with Crippen LogP contribution in [0.4, 0.5) is 8.78 Å². The number of nitrogens with one attached hydrogen (secondary N) is 2. The van der Waals surface area contributed by atoms with Gasteiger partial charge in [-0.15, -0.1) is 0 Å². The van der Waals surface area contributed by atoms with Gasteiger partial charge in [-0.3, -0.25) is 4.79 Å². The first-order valence-electron chi connectivity index (χ1n) is 13.4. The molecule has 8 nitrogen and oxygen atoms in total. The molecular formula is C28H37F2N3O5S. The number of aliphatic hydroxyl groups is 1. The molecule has 4 atom stereocenters. The van der Waals surface area contributed by atoms with Crippen molar-refractivity contribution in [2.75, 3.05) is 25.4 Å². The number of ether oxygens (including phenoxy) is 1. The Morgan fingerprint density at radius 2 is 1.85 bits per heavy atom. The highest BCUT2D eigenvalue weighted by Crippen LogP contribution is 2.23. The minimum Gasteiger partial charge on any atom is -0.389 e. The van der Waals surface area contributed by atoms with Gasteiger partial charge in [-0.25, -0.2) is 21.5 Å². The Morgan fingerprint density at radius 3 is 2.51 bits per heavy atom. The fourth-order valence-electron chi connectivity index (χ4n) is 5.02. The van der Waals surface area contributed by atoms with Crippen LogP contribution in [0.25, 0.3) is 0 Å². The van der Waals surface area contributed by atoms with Crippen LogP contribution in [0.1, 0.15) is 37.3 Å². The van der Waals surface area contributed by atoms with Crippen molar-refractivity contribution in [1.29, 1.82) is 0 Å². The van der Waals surface area contributed by atoms with Gasteiger partial charge in [-0.1, -0.05) is 43.7 Å². The Kier molecular flexibility index (Phi) is 10.1. The largest absolute Gasteiger partial charge is 0.389 e. The van der Waals surface area contributed by atoms with Gasteiger partial charge in [-0.2, -0.15) is 0 Å². The number of rotatable bonds is 13. The molecule has 0 radical (unpaired) electrons. The summed E-state index contributed by atoms with van der Waals surface area (Å²) >= 11 is 0. The van der Waals surface area contributed by atoms with Crippen molar-refractivity contribution in [3.63, 3.8) is 0 Å². The Hall–Kier alpha value is -2.44. The summed E-state index contributed by atoms with van der Waals surface area (Å²) in [6.45, 7) is 3.00. The maximum absolute atomic E-state index is 13.9. The molecule has 0 saturated carbocycles. The van der Waals surface area contributed by atoms with E-state index >= 15 is 0 Å². The van der Waals surface area contributed by atoms with E-state index in [0.29, 0.717) is 31.6 Å². The van der Waals surface area contributed by atoms with E-state index in [1.54, 1.807) is 0 Å². The third-order valence-corrected chi connectivity index (χ3v) is 9.24. The zero-order valence-electron chi connectivity index (χ0n) is 22.1. The number of carbonyl (C=O) groups excluding carboxylic acids is 1. The van der Waals surface area contributed by atoms with E-state index in [9.17, 15) is 27.1 Å². The van der Waals surface area contributed by atoms with Crippen LogP contribution in [0.2, 0.25) is 0 Å². The van der Waals surface area contributed by atoms with Gasteiger partial charge in [0.05, 0.1) is 36.5 Å². The van der Waals surface area contributed by atoms with Crippen LogP contribution < -0.4 is 10.6 Å². The number of amides is 1. The molecule has 11 heteroatoms. The Labute approximate surface area is 228 Å². The van der Waals surface area contributed by atoms with Crippen LogP contribution in [0.5, 0.6) is 0 Å². The first-order chi connectivity index (χ1) is 18.6. The Balaban J connectivity index is 1.38. The number of benzene rings is 2. The SMILES string of the molecule is CCCCS(=O)(=O)N1CC(C(=O)N[C@H](Cc2cc(F)cc(F)c2)[C@H](O)[C@H]2C[C@@H](OCc3ccccc3)CN2)C1. The van der Waals surface area contributed by atoms with Gasteiger partial charge in [0.1, 0.15) is 11.6 Å². The standard InChI is InChI=1S/C28H37F2N3O5S/c1-2-3-9-39(36,37)33-16-21(17-33)28(35)32-26(12-20-10-22(29)13-23(30)11-20)27(34)25-14-24(15-31-25)38-18-19-7-5-4-6-8-19/h4-8,10-11,13,21,24-27,31,34H,2-3,9,12,14-18H2,1H3,(H,32,35)/t24-,25-,26-,27-/m1/s1. The van der Waals surface area contributed by atoms with E-state index in [-0.39, 0.29) is 31.4 Å². The molecule has 39 heavy (non-hydrogen) atoms. The van der Waals surface area contributed by atoms with Gasteiger partial charge in [0.25, 0.3) is 0 Å². The zero-order valence-corrected chi connectivity index (χ0v) is 22.9. The van der Waals surface area contributed by atoms with E-state index < -0.39 is 51.7 Å². The van der Waals surface area contributed by atoms with Gasteiger partial charge in [0.2, 0.25) is 15.9 Å². The van der Waals surface area contributed by atoms with Crippen molar-refractivity contribution in [2.45, 2.75) is 63.5 Å². The predicted octanol–water partition coefficient (Wildman–Crippen LogP) is 2.36. The van der Waals surface area contributed by atoms with Gasteiger partial charge in [-0.05, 0) is 42.5 Å². The quantitative estimate of drug-likeness (QED) is 0.344. The van der Waals surface area contributed by atoms with E-state index in [2.05, 4.69) is 10.6 Å². The number of unbranched alkanes of at least 4 members (excludes halogenated alkanes) is 1. The molecule has 2 aliphatic heterocycles. The monoisotopic (exact) mass is 565 g/mol. The van der Waals surface area contributed by atoms with Crippen molar-refractivity contribution in [3.8, 4) is 0 Å². The van der Waals surface area contributed by atoms with Crippen LogP contribution >= 0.6 is 0 Å². The van der Waals surface area contributed by atoms with Gasteiger partial charge < -0.3 is 20.5 Å². The van der Waals surface area contributed by atoms with Crippen molar-refractivity contribution >= 4 is 15.9 Å². The number of carbonyl (C=O) groups is 1. The zero-order chi connectivity index (χ0) is 28.0. The van der Waals surface area contributed by atoms with E-state index in [0.717, 1.165) is 18.1 Å². The lowest BCUT2D eigenvalue weighted by atomic mass is 9.93. The second-order valence-electron chi connectivity index (χ2n) is 10.4. The topological polar surface area (TPSA) is 108 Å². The summed E-state index contributed by atoms with van der Waals surface area (Å²) in [5.41, 5.74) is 1.33. The van der Waals surface area contributed by atoms with Crippen molar-refractivity contribution in [2.24, 2.45) is 5.92 Å². The molecule has 0 aliphatic carbocycles. The second kappa shape index (κ2) is 13.3. The minimum atomic E-state index is -3.40. The summed E-state index contributed by atoms with van der Waals surface area (Å²) in [5.74, 6) is -2.40. The van der Waals surface area contributed by atoms with Crippen molar-refractivity contribution in [3.05, 3.63) is 71.3 Å². The number of nitrogens with zero attached hydrogens (tertiary/aromatic N) is 1. The molecule has 2 saturated heterocycles. The first kappa shape index (κ1) is 29.5. The fourth-order valence-corrected chi connectivity index (χ4v) is 6.74. The molecule has 3 N–H and O–H groups in total. The summed E-state index contributed by atoms with van der Waals surface area (Å²) in [7, 11) is -3.40. The van der Waals surface area contributed by atoms with Gasteiger partial charge >= 0.3 is 0 Å². The number of halogens is 2. The van der Waals surface area contributed by atoms with E-state index in [4.69, 9.17) is 4.74 Å². The number of hydrogen-bond acceptors (Lipinski definition) is 6. The Bertz CT molecular complexity index is 1190. The molecule has 2 aromatic carbocycles. The number of aliphatic hydroxyl groups excluding tert-OH is 1. The molecule has 2 aromatic rings. The van der Waals surface area contributed by atoms with E-state index in [1.165, 1.54) is 16.4 Å². The molecule has 4 rings (SSSR count). The third kappa shape index (κ3) is 8.04. The highest BCUT2D eigenvalue weighted by atomic mass is 32.2. The van der Waals surface area contributed by atoms with Gasteiger partial charge in [0, 0.05) is 31.7 Å². The van der Waals surface area contributed by atoms with Crippen LogP contribution in [0.3, 0.4) is 0 Å². The molecule has 1 amide bonds. The third-order valence-electron chi connectivity index (χ3n) is 7.35. The molecule has 0 unspecified atom stereocenters. The van der Waals surface area contributed by atoms with E-state index in [1.807, 2.05) is 37.3 Å². The lowest BCUT2D eigenvalue weighted by Gasteiger charge is -2.38. The summed E-state index contributed by atoms with van der Waals surface area (Å²) < 4.78 is 59.8. The highest BCUT2D eigenvalue weighted by molar-refractivity contribution is 7.89. The maximum atomic E-state index is 13.9. The fraction of sp³-hybridized carbons (Fsp3) is 0.536. The Morgan fingerprint density at radius 1 is 1.15 bits per heavy atom. The molecule has 214 valence electrons. The first-order valence-corrected chi connectivity index (χ1v) is 15.1. The summed E-state index contributed by atoms with van der Waals surface area (Å²) in [6.07, 6.45) is 0.575. The summed E-state index contributed by atoms with van der Waals surface area (Å²) in [5, 5.41) is 17.4. The average Bonchev–Trinajstić information content (AvgIpc) is 3.33. The minimum absolute atomic E-state index is 0.000534. The lowest BCUT2D eigenvalue weighted by Crippen LogP contribution is -2.60.